The van der Waals surface area contributed by atoms with Gasteiger partial charge in [-0.2, -0.15) is 0 Å². The van der Waals surface area contributed by atoms with Gasteiger partial charge in [0, 0.05) is 18.6 Å². The molecule has 5 heteroatoms. The van der Waals surface area contributed by atoms with Crippen LogP contribution in [-0.4, -0.2) is 25.0 Å². The molecule has 0 atom stereocenters. The second-order valence-corrected chi connectivity index (χ2v) is 2.45. The Bertz CT molecular complexity index is 385. The van der Waals surface area contributed by atoms with Gasteiger partial charge in [-0.05, 0) is 6.07 Å². The quantitative estimate of drug-likeness (QED) is 0.692. The molecule has 0 unspecified atom stereocenters. The van der Waals surface area contributed by atoms with E-state index in [0.717, 1.165) is 0 Å². The molecule has 0 bridgehead atoms. The zero-order valence-corrected chi connectivity index (χ0v) is 6.81. The molecule has 0 aromatic carbocycles. The van der Waals surface area contributed by atoms with Crippen LogP contribution < -0.4 is 0 Å². The third-order valence-corrected chi connectivity index (χ3v) is 1.59. The Morgan fingerprint density at radius 3 is 2.92 bits per heavy atom. The van der Waals surface area contributed by atoms with Crippen molar-refractivity contribution in [3.05, 3.63) is 30.5 Å². The van der Waals surface area contributed by atoms with Crippen LogP contribution in [0.5, 0.6) is 0 Å². The van der Waals surface area contributed by atoms with E-state index >= 15 is 0 Å². The summed E-state index contributed by atoms with van der Waals surface area (Å²) in [6, 6.07) is 1.73. The van der Waals surface area contributed by atoms with Crippen LogP contribution in [0.2, 0.25) is 0 Å². The average molecular weight is 176 g/mol. The van der Waals surface area contributed by atoms with Crippen LogP contribution in [-0.2, 0) is 6.61 Å². The predicted octanol–water partition coefficient (Wildman–Crippen LogP) is 0.359. The number of hydrogen-bond acceptors (Lipinski definition) is 4. The largest absolute Gasteiger partial charge is 0.388 e. The molecule has 13 heavy (non-hydrogen) atoms. The zero-order chi connectivity index (χ0) is 9.10. The van der Waals surface area contributed by atoms with E-state index in [0.29, 0.717) is 17.3 Å². The zero-order valence-electron chi connectivity index (χ0n) is 6.81. The minimum atomic E-state index is -0.158. The average Bonchev–Trinajstić information content (AvgIpc) is 2.71. The summed E-state index contributed by atoms with van der Waals surface area (Å²) in [5, 5.41) is 8.80. The molecule has 0 radical (unpaired) electrons. The smallest absolute Gasteiger partial charge is 0.156 e. The van der Waals surface area contributed by atoms with Crippen LogP contribution in [0.4, 0.5) is 0 Å². The first kappa shape index (κ1) is 7.88. The summed E-state index contributed by atoms with van der Waals surface area (Å²) in [6.45, 7) is -0.158. The lowest BCUT2D eigenvalue weighted by Crippen LogP contribution is -1.95. The van der Waals surface area contributed by atoms with Crippen molar-refractivity contribution >= 4 is 0 Å². The van der Waals surface area contributed by atoms with Gasteiger partial charge in [-0.25, -0.2) is 15.0 Å². The van der Waals surface area contributed by atoms with E-state index in [4.69, 9.17) is 5.11 Å². The Labute approximate surface area is 74.5 Å². The third kappa shape index (κ3) is 1.54. The van der Waals surface area contributed by atoms with Crippen molar-refractivity contribution in [1.29, 1.82) is 0 Å². The Hall–Kier alpha value is -1.75. The standard InChI is InChI=1S/C8H8N4O/c13-5-7-9-2-1-6(12-7)8-10-3-4-11-8/h1-4,13H,5H2,(H,10,11). The number of H-pyrrole nitrogens is 1. The highest BCUT2D eigenvalue weighted by atomic mass is 16.3. The van der Waals surface area contributed by atoms with Gasteiger partial charge in [0.15, 0.2) is 11.6 Å². The molecule has 2 N–H and O–H groups in total. The number of nitrogens with one attached hydrogen (secondary N) is 1. The molecule has 0 saturated carbocycles. The highest BCUT2D eigenvalue weighted by molar-refractivity contribution is 5.47. The molecule has 0 aliphatic carbocycles. The molecule has 2 rings (SSSR count). The van der Waals surface area contributed by atoms with Gasteiger partial charge >= 0.3 is 0 Å². The maximum absolute atomic E-state index is 8.80. The molecule has 5 nitrogen and oxygen atoms in total. The SMILES string of the molecule is OCc1nccc(-c2ncc[nH]2)n1. The van der Waals surface area contributed by atoms with Crippen molar-refractivity contribution in [2.24, 2.45) is 0 Å². The number of rotatable bonds is 2. The van der Waals surface area contributed by atoms with Gasteiger partial charge in [-0.1, -0.05) is 0 Å². The first-order chi connectivity index (χ1) is 6.40. The van der Waals surface area contributed by atoms with E-state index in [9.17, 15) is 0 Å². The predicted molar refractivity (Wildman–Crippen MR) is 45.5 cm³/mol. The van der Waals surface area contributed by atoms with Crippen molar-refractivity contribution in [1.82, 2.24) is 19.9 Å². The van der Waals surface area contributed by atoms with Crippen LogP contribution in [0, 0.1) is 0 Å². The van der Waals surface area contributed by atoms with Crippen molar-refractivity contribution in [2.75, 3.05) is 0 Å². The van der Waals surface area contributed by atoms with E-state index in [1.165, 1.54) is 0 Å². The highest BCUT2D eigenvalue weighted by Crippen LogP contribution is 2.09. The van der Waals surface area contributed by atoms with Crippen LogP contribution in [0.1, 0.15) is 5.82 Å². The first-order valence-electron chi connectivity index (χ1n) is 3.82. The molecule has 0 amide bonds. The molecule has 0 fully saturated rings. The Balaban J connectivity index is 2.41. The lowest BCUT2D eigenvalue weighted by Gasteiger charge is -1.97. The maximum Gasteiger partial charge on any atom is 0.156 e. The Morgan fingerprint density at radius 2 is 2.23 bits per heavy atom. The molecule has 0 aliphatic heterocycles. The molecule has 2 aromatic rings. The summed E-state index contributed by atoms with van der Waals surface area (Å²) < 4.78 is 0. The summed E-state index contributed by atoms with van der Waals surface area (Å²) >= 11 is 0. The van der Waals surface area contributed by atoms with Crippen molar-refractivity contribution in [2.45, 2.75) is 6.61 Å². The Morgan fingerprint density at radius 1 is 1.31 bits per heavy atom. The number of aliphatic hydroxyl groups excluding tert-OH is 1. The lowest BCUT2D eigenvalue weighted by atomic mass is 10.4. The fourth-order valence-corrected chi connectivity index (χ4v) is 1.01. The van der Waals surface area contributed by atoms with Crippen LogP contribution in [0.3, 0.4) is 0 Å². The molecule has 2 heterocycles. The third-order valence-electron chi connectivity index (χ3n) is 1.59. The number of aromatic nitrogens is 4. The van der Waals surface area contributed by atoms with Crippen molar-refractivity contribution in [3.8, 4) is 11.5 Å². The number of aliphatic hydroxyl groups is 1. The van der Waals surface area contributed by atoms with Gasteiger partial charge in [0.25, 0.3) is 0 Å². The van der Waals surface area contributed by atoms with Crippen LogP contribution in [0.25, 0.3) is 11.5 Å². The summed E-state index contributed by atoms with van der Waals surface area (Å²) in [5.74, 6) is 1.08. The van der Waals surface area contributed by atoms with Gasteiger partial charge in [0.05, 0.1) is 0 Å². The molecule has 0 saturated heterocycles. The molecule has 2 aromatic heterocycles. The first-order valence-corrected chi connectivity index (χ1v) is 3.82. The van der Waals surface area contributed by atoms with Crippen molar-refractivity contribution in [3.63, 3.8) is 0 Å². The molecular weight excluding hydrogens is 168 g/mol. The number of hydrogen-bond donors (Lipinski definition) is 2. The monoisotopic (exact) mass is 176 g/mol. The summed E-state index contributed by atoms with van der Waals surface area (Å²) in [7, 11) is 0. The summed E-state index contributed by atoms with van der Waals surface area (Å²) in [4.78, 5) is 14.9. The van der Waals surface area contributed by atoms with E-state index in [1.807, 2.05) is 0 Å². The second-order valence-electron chi connectivity index (χ2n) is 2.45. The van der Waals surface area contributed by atoms with E-state index in [1.54, 1.807) is 24.7 Å². The topological polar surface area (TPSA) is 74.7 Å². The second kappa shape index (κ2) is 3.32. The number of aromatic amines is 1. The van der Waals surface area contributed by atoms with Gasteiger partial charge in [0.1, 0.15) is 12.3 Å². The van der Waals surface area contributed by atoms with Gasteiger partial charge in [0.2, 0.25) is 0 Å². The van der Waals surface area contributed by atoms with Gasteiger partial charge in [-0.3, -0.25) is 0 Å². The van der Waals surface area contributed by atoms with Gasteiger partial charge in [-0.15, -0.1) is 0 Å². The maximum atomic E-state index is 8.80. The molecule has 0 aliphatic rings. The normalized spacial score (nSPS) is 10.2. The minimum absolute atomic E-state index is 0.158. The van der Waals surface area contributed by atoms with E-state index < -0.39 is 0 Å². The van der Waals surface area contributed by atoms with Crippen LogP contribution in [0.15, 0.2) is 24.7 Å². The molecule has 66 valence electrons. The highest BCUT2D eigenvalue weighted by Gasteiger charge is 2.02. The Kier molecular flexibility index (Phi) is 2.01. The lowest BCUT2D eigenvalue weighted by molar-refractivity contribution is 0.271. The fraction of sp³-hybridized carbons (Fsp3) is 0.125. The van der Waals surface area contributed by atoms with Crippen molar-refractivity contribution < 1.29 is 5.11 Å². The van der Waals surface area contributed by atoms with Crippen LogP contribution >= 0.6 is 0 Å². The van der Waals surface area contributed by atoms with E-state index in [2.05, 4.69) is 19.9 Å². The van der Waals surface area contributed by atoms with Gasteiger partial charge < -0.3 is 10.1 Å². The summed E-state index contributed by atoms with van der Waals surface area (Å²) in [5.41, 5.74) is 0.684. The number of imidazole rings is 1. The van der Waals surface area contributed by atoms with E-state index in [-0.39, 0.29) is 6.61 Å². The molecule has 0 spiro atoms. The molecular formula is C8H8N4O. The fourth-order valence-electron chi connectivity index (χ4n) is 1.01. The summed E-state index contributed by atoms with van der Waals surface area (Å²) in [6.07, 6.45) is 4.96. The minimum Gasteiger partial charge on any atom is -0.388 e. The number of nitrogens with zero attached hydrogens (tertiary/aromatic N) is 3.